The molecule has 3 rings (SSSR count). The van der Waals surface area contributed by atoms with Gasteiger partial charge in [0, 0.05) is 0 Å². The highest BCUT2D eigenvalue weighted by Crippen LogP contribution is 2.38. The molecule has 0 aromatic heterocycles. The van der Waals surface area contributed by atoms with Crippen LogP contribution in [0.4, 0.5) is 27.1 Å². The highest BCUT2D eigenvalue weighted by Gasteiger charge is 2.25. The zero-order valence-electron chi connectivity index (χ0n) is 13.3. The third kappa shape index (κ3) is 3.32. The predicted octanol–water partition coefficient (Wildman–Crippen LogP) is 3.02. The van der Waals surface area contributed by atoms with Crippen LogP contribution < -0.4 is 27.2 Å². The minimum atomic E-state index is -0.909. The summed E-state index contributed by atoms with van der Waals surface area (Å²) < 4.78 is 13.1. The fourth-order valence-corrected chi connectivity index (χ4v) is 2.78. The average Bonchev–Trinajstić information content (AvgIpc) is 2.61. The Morgan fingerprint density at radius 1 is 0.963 bits per heavy atom. The van der Waals surface area contributed by atoms with Crippen molar-refractivity contribution in [3.63, 3.8) is 0 Å². The van der Waals surface area contributed by atoms with Crippen LogP contribution in [0.2, 0.25) is 10.0 Å². The fraction of sp³-hybridized carbons (Fsp3) is 0. The van der Waals surface area contributed by atoms with Gasteiger partial charge in [0.25, 0.3) is 16.8 Å². The summed E-state index contributed by atoms with van der Waals surface area (Å²) in [5, 5.41) is 15.3. The maximum Gasteiger partial charge on any atom is 0.253 e. The van der Waals surface area contributed by atoms with Gasteiger partial charge in [-0.2, -0.15) is 0 Å². The third-order valence-corrected chi connectivity index (χ3v) is 4.37. The number of nitrogens with one attached hydrogen (secondary N) is 2. The number of primary amides is 1. The fourth-order valence-electron chi connectivity index (χ4n) is 2.36. The first kappa shape index (κ1) is 18.7. The van der Waals surface area contributed by atoms with E-state index in [4.69, 9.17) is 28.9 Å². The molecule has 0 unspecified atom stereocenters. The molecule has 0 spiro atoms. The molecule has 27 heavy (non-hydrogen) atoms. The summed E-state index contributed by atoms with van der Waals surface area (Å²) in [4.78, 5) is 35.2. The molecule has 7 nitrogen and oxygen atoms in total. The number of nitrogens with two attached hydrogens (primary N) is 1. The Bertz CT molecular complexity index is 1160. The van der Waals surface area contributed by atoms with Crippen molar-refractivity contribution in [2.75, 3.05) is 10.6 Å². The molecule has 10 heteroatoms. The van der Waals surface area contributed by atoms with Crippen molar-refractivity contribution in [3.8, 4) is 5.75 Å². The van der Waals surface area contributed by atoms with Crippen LogP contribution in [0.1, 0.15) is 10.4 Å². The van der Waals surface area contributed by atoms with Gasteiger partial charge in [-0.25, -0.2) is 4.39 Å². The molecule has 0 fully saturated rings. The Morgan fingerprint density at radius 2 is 1.59 bits per heavy atom. The van der Waals surface area contributed by atoms with Gasteiger partial charge in [-0.1, -0.05) is 23.2 Å². The van der Waals surface area contributed by atoms with Crippen LogP contribution in [0, 0.1) is 5.82 Å². The molecule has 0 aliphatic carbocycles. The maximum absolute atomic E-state index is 13.1. The average molecular weight is 410 g/mol. The van der Waals surface area contributed by atoms with Crippen molar-refractivity contribution in [3.05, 3.63) is 72.2 Å². The second-order valence-corrected chi connectivity index (χ2v) is 6.28. The first-order valence-electron chi connectivity index (χ1n) is 7.34. The molecule has 0 atom stereocenters. The van der Waals surface area contributed by atoms with Gasteiger partial charge in [-0.15, -0.1) is 0 Å². The van der Waals surface area contributed by atoms with Crippen LogP contribution in [0.5, 0.6) is 5.75 Å². The van der Waals surface area contributed by atoms with E-state index in [1.807, 2.05) is 0 Å². The van der Waals surface area contributed by atoms with Gasteiger partial charge in [0.1, 0.15) is 22.9 Å². The lowest BCUT2D eigenvalue weighted by Gasteiger charge is -2.17. The van der Waals surface area contributed by atoms with Gasteiger partial charge in [0.2, 0.25) is 0 Å². The molecule has 0 saturated heterocycles. The standard InChI is InChI=1S/C17H10Cl2FN3O4/c18-8-3-2-7(17(21)27)14(24)11(8)23-13-12(15(25)16(13)26)22-10-4-1-6(20)5-9(10)19/h1-5,22-24H,(H2,21,27). The van der Waals surface area contributed by atoms with Crippen molar-refractivity contribution < 1.29 is 14.3 Å². The molecule has 5 N–H and O–H groups in total. The molecule has 1 amide bonds. The van der Waals surface area contributed by atoms with E-state index in [9.17, 15) is 23.9 Å². The van der Waals surface area contributed by atoms with Crippen molar-refractivity contribution in [1.29, 1.82) is 0 Å². The first-order chi connectivity index (χ1) is 12.7. The summed E-state index contributed by atoms with van der Waals surface area (Å²) in [6, 6.07) is 5.94. The summed E-state index contributed by atoms with van der Waals surface area (Å²) >= 11 is 11.9. The Kier molecular flexibility index (Phi) is 4.77. The minimum Gasteiger partial charge on any atom is -0.505 e. The van der Waals surface area contributed by atoms with Crippen LogP contribution in [0.15, 0.2) is 39.9 Å². The molecule has 3 aromatic rings. The summed E-state index contributed by atoms with van der Waals surface area (Å²) in [5.41, 5.74) is 2.85. The van der Waals surface area contributed by atoms with Crippen LogP contribution >= 0.6 is 23.2 Å². The van der Waals surface area contributed by atoms with E-state index in [-0.39, 0.29) is 38.4 Å². The molecule has 0 heterocycles. The Morgan fingerprint density at radius 3 is 2.19 bits per heavy atom. The molecular weight excluding hydrogens is 400 g/mol. The van der Waals surface area contributed by atoms with E-state index in [0.29, 0.717) is 0 Å². The molecule has 0 radical (unpaired) electrons. The number of benzene rings is 2. The first-order valence-corrected chi connectivity index (χ1v) is 8.10. The number of carbonyl (C=O) groups excluding carboxylic acids is 1. The highest BCUT2D eigenvalue weighted by molar-refractivity contribution is 6.34. The second-order valence-electron chi connectivity index (χ2n) is 5.47. The van der Waals surface area contributed by atoms with E-state index >= 15 is 0 Å². The van der Waals surface area contributed by atoms with Gasteiger partial charge in [-0.05, 0) is 30.3 Å². The predicted molar refractivity (Wildman–Crippen MR) is 101 cm³/mol. The van der Waals surface area contributed by atoms with E-state index in [2.05, 4.69) is 10.6 Å². The molecule has 0 aliphatic rings. The lowest BCUT2D eigenvalue weighted by Crippen LogP contribution is -2.36. The zero-order valence-corrected chi connectivity index (χ0v) is 14.8. The normalized spacial score (nSPS) is 10.8. The van der Waals surface area contributed by atoms with Crippen molar-refractivity contribution >= 4 is 51.9 Å². The Labute approximate surface area is 160 Å². The number of hydrogen-bond acceptors (Lipinski definition) is 6. The molecule has 0 saturated carbocycles. The van der Waals surface area contributed by atoms with Crippen LogP contribution in [0.3, 0.4) is 0 Å². The summed E-state index contributed by atoms with van der Waals surface area (Å²) in [6.07, 6.45) is 0. The molecular formula is C17H10Cl2FN3O4. The number of amides is 1. The largest absolute Gasteiger partial charge is 0.505 e. The van der Waals surface area contributed by atoms with Crippen molar-refractivity contribution in [2.24, 2.45) is 5.73 Å². The van der Waals surface area contributed by atoms with E-state index in [1.54, 1.807) is 0 Å². The van der Waals surface area contributed by atoms with Gasteiger partial charge < -0.3 is 21.5 Å². The zero-order chi connectivity index (χ0) is 19.9. The Hall–Kier alpha value is -3.10. The topological polar surface area (TPSA) is 122 Å². The third-order valence-electron chi connectivity index (χ3n) is 3.74. The summed E-state index contributed by atoms with van der Waals surface area (Å²) in [7, 11) is 0. The monoisotopic (exact) mass is 409 g/mol. The molecule has 138 valence electrons. The number of phenols is 1. The number of hydrogen-bond donors (Lipinski definition) is 4. The number of halogens is 3. The van der Waals surface area contributed by atoms with Gasteiger partial charge in [-0.3, -0.25) is 14.4 Å². The van der Waals surface area contributed by atoms with Crippen LogP contribution in [-0.2, 0) is 0 Å². The maximum atomic E-state index is 13.1. The van der Waals surface area contributed by atoms with Gasteiger partial charge in [0.05, 0.1) is 21.3 Å². The number of anilines is 4. The van der Waals surface area contributed by atoms with Crippen LogP contribution in [0.25, 0.3) is 0 Å². The molecule has 0 bridgehead atoms. The second kappa shape index (κ2) is 6.90. The summed E-state index contributed by atoms with van der Waals surface area (Å²) in [5.74, 6) is -2.06. The van der Waals surface area contributed by atoms with Crippen molar-refractivity contribution in [2.45, 2.75) is 0 Å². The summed E-state index contributed by atoms with van der Waals surface area (Å²) in [6.45, 7) is 0. The SMILES string of the molecule is NC(=O)c1ccc(Cl)c(Nc2c(Nc3ccc(F)cc3Cl)c(=O)c2=O)c1O. The van der Waals surface area contributed by atoms with E-state index in [0.717, 1.165) is 12.1 Å². The highest BCUT2D eigenvalue weighted by atomic mass is 35.5. The molecule has 0 aliphatic heterocycles. The lowest BCUT2D eigenvalue weighted by molar-refractivity contribution is 0.0998. The number of carbonyl (C=O) groups is 1. The van der Waals surface area contributed by atoms with Crippen molar-refractivity contribution in [1.82, 2.24) is 0 Å². The Balaban J connectivity index is 2.00. The smallest absolute Gasteiger partial charge is 0.253 e. The van der Waals surface area contributed by atoms with E-state index in [1.165, 1.54) is 18.2 Å². The van der Waals surface area contributed by atoms with E-state index < -0.39 is 28.3 Å². The minimum absolute atomic E-state index is 0.00870. The number of rotatable bonds is 5. The number of aromatic hydroxyl groups is 1. The molecule has 3 aromatic carbocycles. The van der Waals surface area contributed by atoms with Gasteiger partial charge in [0.15, 0.2) is 5.75 Å². The van der Waals surface area contributed by atoms with Gasteiger partial charge >= 0.3 is 0 Å². The van der Waals surface area contributed by atoms with Crippen LogP contribution in [-0.4, -0.2) is 11.0 Å². The lowest BCUT2D eigenvalue weighted by atomic mass is 10.1. The quantitative estimate of drug-likeness (QED) is 0.379.